The Kier molecular flexibility index (Phi) is 6.05. The Bertz CT molecular complexity index is 1250. The van der Waals surface area contributed by atoms with Crippen molar-refractivity contribution in [2.24, 2.45) is 0 Å². The highest BCUT2D eigenvalue weighted by Crippen LogP contribution is 2.39. The lowest BCUT2D eigenvalue weighted by Crippen LogP contribution is -2.45. The summed E-state index contributed by atoms with van der Waals surface area (Å²) in [7, 11) is -3.98. The molecule has 0 bridgehead atoms. The molecule has 0 unspecified atom stereocenters. The Morgan fingerprint density at radius 3 is 2.59 bits per heavy atom. The number of rotatable bonds is 5. The Morgan fingerprint density at radius 1 is 1.16 bits per heavy atom. The number of sulfonamides is 1. The Morgan fingerprint density at radius 2 is 1.91 bits per heavy atom. The number of carbonyl (C=O) groups excluding carboxylic acids is 1. The molecule has 32 heavy (non-hydrogen) atoms. The number of fused-ring (bicyclic) bond motifs is 1. The van der Waals surface area contributed by atoms with Gasteiger partial charge < -0.3 is 15.2 Å². The highest BCUT2D eigenvalue weighted by atomic mass is 35.5. The van der Waals surface area contributed by atoms with Crippen LogP contribution in [-0.2, 0) is 10.0 Å². The van der Waals surface area contributed by atoms with E-state index in [1.165, 1.54) is 42.5 Å². The zero-order valence-corrected chi connectivity index (χ0v) is 18.1. The summed E-state index contributed by atoms with van der Waals surface area (Å²) in [4.78, 5) is 12.7. The second-order valence-corrected chi connectivity index (χ2v) is 9.27. The topological polar surface area (TPSA) is 95.9 Å². The van der Waals surface area contributed by atoms with Gasteiger partial charge in [-0.15, -0.1) is 0 Å². The fourth-order valence-corrected chi connectivity index (χ4v) is 5.11. The third kappa shape index (κ3) is 4.14. The number of amides is 1. The average Bonchev–Trinajstić information content (AvgIpc) is 2.78. The molecule has 0 saturated heterocycles. The largest absolute Gasteiger partial charge is 0.484 e. The summed E-state index contributed by atoms with van der Waals surface area (Å²) in [6.07, 6.45) is -0.765. The van der Waals surface area contributed by atoms with Crippen molar-refractivity contribution < 1.29 is 27.4 Å². The predicted molar refractivity (Wildman–Crippen MR) is 118 cm³/mol. The van der Waals surface area contributed by atoms with Crippen LogP contribution < -0.4 is 14.4 Å². The SMILES string of the molecule is O=C(Nc1ccc2c(c1)N(S(=O)(=O)c1ccccc1)C[C@H](CO)O2)c1c(F)cccc1Cl. The highest BCUT2D eigenvalue weighted by molar-refractivity contribution is 7.92. The summed E-state index contributed by atoms with van der Waals surface area (Å²) in [5, 5.41) is 12.1. The average molecular weight is 477 g/mol. The number of aliphatic hydroxyl groups excluding tert-OH is 1. The van der Waals surface area contributed by atoms with Crippen LogP contribution in [0, 0.1) is 5.82 Å². The van der Waals surface area contributed by atoms with Gasteiger partial charge in [0.1, 0.15) is 17.7 Å². The molecule has 0 aliphatic carbocycles. The van der Waals surface area contributed by atoms with E-state index in [1.807, 2.05) is 0 Å². The summed E-state index contributed by atoms with van der Waals surface area (Å²) >= 11 is 5.96. The molecule has 1 amide bonds. The standard InChI is InChI=1S/C22H18ClFN2O5S/c23-17-7-4-8-18(24)21(17)22(28)25-14-9-10-20-19(11-14)26(12-15(13-27)31-20)32(29,30)16-5-2-1-3-6-16/h1-11,15,27H,12-13H2,(H,25,28)/t15-/m1/s1. The van der Waals surface area contributed by atoms with E-state index in [-0.39, 0.29) is 45.8 Å². The second-order valence-electron chi connectivity index (χ2n) is 7.00. The minimum atomic E-state index is -3.98. The van der Waals surface area contributed by atoms with Crippen molar-refractivity contribution in [3.63, 3.8) is 0 Å². The Labute approximate surface area is 189 Å². The van der Waals surface area contributed by atoms with Crippen molar-refractivity contribution in [2.75, 3.05) is 22.8 Å². The number of aliphatic hydroxyl groups is 1. The van der Waals surface area contributed by atoms with Crippen molar-refractivity contribution in [3.8, 4) is 5.75 Å². The van der Waals surface area contributed by atoms with Gasteiger partial charge in [0.2, 0.25) is 0 Å². The summed E-state index contributed by atoms with van der Waals surface area (Å²) < 4.78 is 47.5. The van der Waals surface area contributed by atoms with Gasteiger partial charge in [-0.05, 0) is 42.5 Å². The Hall–Kier alpha value is -3.14. The third-order valence-corrected chi connectivity index (χ3v) is 6.98. The van der Waals surface area contributed by atoms with E-state index in [0.717, 1.165) is 10.4 Å². The summed E-state index contributed by atoms with van der Waals surface area (Å²) in [5.41, 5.74) is 0.0700. The van der Waals surface area contributed by atoms with Crippen molar-refractivity contribution in [2.45, 2.75) is 11.0 Å². The number of halogens is 2. The monoisotopic (exact) mass is 476 g/mol. The third-order valence-electron chi connectivity index (χ3n) is 4.87. The molecule has 0 spiro atoms. The number of benzene rings is 3. The van der Waals surface area contributed by atoms with Crippen LogP contribution in [0.4, 0.5) is 15.8 Å². The lowest BCUT2D eigenvalue weighted by molar-refractivity contribution is 0.102. The van der Waals surface area contributed by atoms with E-state index < -0.39 is 27.9 Å². The van der Waals surface area contributed by atoms with Crippen LogP contribution in [0.25, 0.3) is 0 Å². The molecule has 0 saturated carbocycles. The van der Waals surface area contributed by atoms with E-state index in [9.17, 15) is 22.7 Å². The van der Waals surface area contributed by atoms with Gasteiger partial charge >= 0.3 is 0 Å². The van der Waals surface area contributed by atoms with Gasteiger partial charge in [0, 0.05) is 5.69 Å². The van der Waals surface area contributed by atoms with Gasteiger partial charge in [0.25, 0.3) is 15.9 Å². The molecule has 3 aromatic rings. The molecule has 1 heterocycles. The number of nitrogens with zero attached hydrogens (tertiary/aromatic N) is 1. The van der Waals surface area contributed by atoms with Crippen LogP contribution in [0.5, 0.6) is 5.75 Å². The van der Waals surface area contributed by atoms with Crippen LogP contribution in [0.1, 0.15) is 10.4 Å². The predicted octanol–water partition coefficient (Wildman–Crippen LogP) is 3.68. The first kappa shape index (κ1) is 22.1. The van der Waals surface area contributed by atoms with Crippen molar-refractivity contribution >= 4 is 38.9 Å². The van der Waals surface area contributed by atoms with Crippen LogP contribution in [0.15, 0.2) is 71.6 Å². The number of anilines is 2. The van der Waals surface area contributed by atoms with Gasteiger partial charge in [-0.3, -0.25) is 9.10 Å². The van der Waals surface area contributed by atoms with Gasteiger partial charge in [-0.25, -0.2) is 12.8 Å². The van der Waals surface area contributed by atoms with Crippen LogP contribution in [0.3, 0.4) is 0 Å². The summed E-state index contributed by atoms with van der Waals surface area (Å²) in [6, 6.07) is 16.1. The normalized spacial score (nSPS) is 15.6. The summed E-state index contributed by atoms with van der Waals surface area (Å²) in [6.45, 7) is -0.512. The minimum absolute atomic E-state index is 0.0529. The molecular weight excluding hydrogens is 459 g/mol. The van der Waals surface area contributed by atoms with E-state index in [0.29, 0.717) is 0 Å². The first-order valence-corrected chi connectivity index (χ1v) is 11.4. The van der Waals surface area contributed by atoms with Gasteiger partial charge in [-0.2, -0.15) is 0 Å². The quantitative estimate of drug-likeness (QED) is 0.585. The van der Waals surface area contributed by atoms with Crippen molar-refractivity contribution in [1.29, 1.82) is 0 Å². The molecule has 0 radical (unpaired) electrons. The fraction of sp³-hybridized carbons (Fsp3) is 0.136. The zero-order valence-electron chi connectivity index (χ0n) is 16.5. The van der Waals surface area contributed by atoms with E-state index >= 15 is 0 Å². The maximum absolute atomic E-state index is 14.1. The van der Waals surface area contributed by atoms with Gasteiger partial charge in [0.05, 0.1) is 34.3 Å². The first-order chi connectivity index (χ1) is 15.3. The van der Waals surface area contributed by atoms with Crippen molar-refractivity contribution in [3.05, 3.63) is 83.1 Å². The minimum Gasteiger partial charge on any atom is -0.484 e. The molecule has 7 nitrogen and oxygen atoms in total. The molecule has 0 fully saturated rings. The van der Waals surface area contributed by atoms with Crippen LogP contribution in [0.2, 0.25) is 5.02 Å². The number of nitrogens with one attached hydrogen (secondary N) is 1. The lowest BCUT2D eigenvalue weighted by atomic mass is 10.1. The molecule has 1 aliphatic heterocycles. The fourth-order valence-electron chi connectivity index (χ4n) is 3.34. The lowest BCUT2D eigenvalue weighted by Gasteiger charge is -2.35. The smallest absolute Gasteiger partial charge is 0.264 e. The number of ether oxygens (including phenoxy) is 1. The number of carbonyl (C=O) groups is 1. The molecule has 10 heteroatoms. The molecule has 1 aliphatic rings. The molecule has 2 N–H and O–H groups in total. The van der Waals surface area contributed by atoms with Crippen molar-refractivity contribution in [1.82, 2.24) is 0 Å². The number of hydrogen-bond donors (Lipinski definition) is 2. The second kappa shape index (κ2) is 8.78. The summed E-state index contributed by atoms with van der Waals surface area (Å²) in [5.74, 6) is -1.34. The molecular formula is C22H18ClFN2O5S. The molecule has 3 aromatic carbocycles. The molecule has 166 valence electrons. The zero-order chi connectivity index (χ0) is 22.9. The maximum atomic E-state index is 14.1. The molecule has 4 rings (SSSR count). The van der Waals surface area contributed by atoms with Gasteiger partial charge in [0.15, 0.2) is 0 Å². The van der Waals surface area contributed by atoms with Gasteiger partial charge in [-0.1, -0.05) is 35.9 Å². The molecule has 0 aromatic heterocycles. The number of hydrogen-bond acceptors (Lipinski definition) is 5. The highest BCUT2D eigenvalue weighted by Gasteiger charge is 2.34. The Balaban J connectivity index is 1.72. The van der Waals surface area contributed by atoms with Crippen LogP contribution >= 0.6 is 11.6 Å². The van der Waals surface area contributed by atoms with E-state index in [4.69, 9.17) is 16.3 Å². The first-order valence-electron chi connectivity index (χ1n) is 9.56. The maximum Gasteiger partial charge on any atom is 0.264 e. The van der Waals surface area contributed by atoms with E-state index in [2.05, 4.69) is 5.32 Å². The van der Waals surface area contributed by atoms with Crippen LogP contribution in [-0.4, -0.2) is 38.7 Å². The van der Waals surface area contributed by atoms with E-state index in [1.54, 1.807) is 18.2 Å². The molecule has 1 atom stereocenters.